The lowest BCUT2D eigenvalue weighted by atomic mass is 9.85. The molecule has 0 aromatic heterocycles. The summed E-state index contributed by atoms with van der Waals surface area (Å²) in [6, 6.07) is 6.25. The zero-order valence-electron chi connectivity index (χ0n) is 16.0. The first-order valence-electron chi connectivity index (χ1n) is 10.1. The molecule has 1 fully saturated rings. The van der Waals surface area contributed by atoms with Gasteiger partial charge in [0.2, 0.25) is 5.91 Å². The third-order valence-electron chi connectivity index (χ3n) is 5.43. The van der Waals surface area contributed by atoms with Crippen LogP contribution in [0.4, 0.5) is 5.69 Å². The summed E-state index contributed by atoms with van der Waals surface area (Å²) in [4.78, 5) is 25.0. The quantitative estimate of drug-likeness (QED) is 0.717. The van der Waals surface area contributed by atoms with Crippen LogP contribution in [-0.2, 0) is 14.3 Å². The molecule has 6 heteroatoms. The van der Waals surface area contributed by atoms with Crippen LogP contribution in [0.2, 0.25) is 0 Å². The van der Waals surface area contributed by atoms with E-state index in [1.165, 1.54) is 32.1 Å². The fourth-order valence-electron chi connectivity index (χ4n) is 3.92. The van der Waals surface area contributed by atoms with Crippen molar-refractivity contribution in [2.45, 2.75) is 64.0 Å². The van der Waals surface area contributed by atoms with Gasteiger partial charge in [0, 0.05) is 0 Å². The van der Waals surface area contributed by atoms with Gasteiger partial charge >= 0.3 is 5.97 Å². The Morgan fingerprint density at radius 2 is 2.07 bits per heavy atom. The van der Waals surface area contributed by atoms with E-state index in [0.717, 1.165) is 6.42 Å². The highest BCUT2D eigenvalue weighted by Crippen LogP contribution is 2.29. The molecule has 1 aromatic rings. The molecule has 1 saturated carbocycles. The van der Waals surface area contributed by atoms with Crippen molar-refractivity contribution in [1.29, 1.82) is 0 Å². The van der Waals surface area contributed by atoms with Crippen molar-refractivity contribution < 1.29 is 19.1 Å². The molecule has 1 aliphatic heterocycles. The molecule has 148 valence electrons. The molecule has 2 unspecified atom stereocenters. The zero-order chi connectivity index (χ0) is 19.1. The van der Waals surface area contributed by atoms with Gasteiger partial charge in [-0.05, 0) is 37.8 Å². The van der Waals surface area contributed by atoms with Crippen molar-refractivity contribution in [3.05, 3.63) is 24.3 Å². The summed E-state index contributed by atoms with van der Waals surface area (Å²) in [5.74, 6) is 0.834. The van der Waals surface area contributed by atoms with E-state index in [2.05, 4.69) is 10.6 Å². The number of ether oxygens (including phenoxy) is 2. The number of carbonyl (C=O) groups excluding carboxylic acids is 2. The molecule has 2 atom stereocenters. The average Bonchev–Trinajstić information content (AvgIpc) is 2.84. The predicted molar refractivity (Wildman–Crippen MR) is 104 cm³/mol. The molecule has 0 bridgehead atoms. The number of nitrogens with one attached hydrogen (secondary N) is 2. The first kappa shape index (κ1) is 19.7. The molecule has 27 heavy (non-hydrogen) atoms. The van der Waals surface area contributed by atoms with E-state index in [-0.39, 0.29) is 18.5 Å². The fraction of sp³-hybridized carbons (Fsp3) is 0.619. The SMILES string of the molecule is CCOC(=O)C(CCC1CCCCC1)NC1COc2ccccc2NC1=O. The Hall–Kier alpha value is -2.08. The Balaban J connectivity index is 1.62. The highest BCUT2D eigenvalue weighted by Gasteiger charge is 2.31. The van der Waals surface area contributed by atoms with E-state index in [0.29, 0.717) is 30.4 Å². The van der Waals surface area contributed by atoms with Gasteiger partial charge in [-0.25, -0.2) is 0 Å². The Morgan fingerprint density at radius 3 is 2.85 bits per heavy atom. The van der Waals surface area contributed by atoms with Gasteiger partial charge in [-0.3, -0.25) is 14.9 Å². The Labute approximate surface area is 161 Å². The van der Waals surface area contributed by atoms with Gasteiger partial charge in [-0.2, -0.15) is 0 Å². The lowest BCUT2D eigenvalue weighted by Crippen LogP contribution is -2.51. The summed E-state index contributed by atoms with van der Waals surface area (Å²) in [5, 5.41) is 6.07. The molecule has 0 radical (unpaired) electrons. The molecule has 0 spiro atoms. The standard InChI is InChI=1S/C21H30N2O4/c1-2-26-21(25)17(13-12-15-8-4-3-5-9-15)22-18-14-27-19-11-7-6-10-16(19)23-20(18)24/h6-7,10-11,15,17-18,22H,2-5,8-9,12-14H2,1H3,(H,23,24). The highest BCUT2D eigenvalue weighted by atomic mass is 16.5. The number of para-hydroxylation sites is 2. The van der Waals surface area contributed by atoms with E-state index in [1.54, 1.807) is 6.92 Å². The Bertz CT molecular complexity index is 643. The maximum absolute atomic E-state index is 12.6. The molecule has 6 nitrogen and oxygen atoms in total. The molecular formula is C21H30N2O4. The summed E-state index contributed by atoms with van der Waals surface area (Å²) in [6.07, 6.45) is 8.00. The second-order valence-electron chi connectivity index (χ2n) is 7.40. The number of anilines is 1. The van der Waals surface area contributed by atoms with Gasteiger partial charge in [-0.1, -0.05) is 44.2 Å². The maximum atomic E-state index is 12.6. The number of rotatable bonds is 7. The van der Waals surface area contributed by atoms with E-state index in [9.17, 15) is 9.59 Å². The number of hydrogen-bond donors (Lipinski definition) is 2. The van der Waals surface area contributed by atoms with Crippen molar-refractivity contribution in [3.8, 4) is 5.75 Å². The van der Waals surface area contributed by atoms with Crippen molar-refractivity contribution in [3.63, 3.8) is 0 Å². The van der Waals surface area contributed by atoms with Gasteiger partial charge in [0.05, 0.1) is 12.3 Å². The van der Waals surface area contributed by atoms with Gasteiger partial charge in [0.15, 0.2) is 0 Å². The summed E-state index contributed by atoms with van der Waals surface area (Å²) >= 11 is 0. The molecule has 2 aliphatic rings. The van der Waals surface area contributed by atoms with E-state index in [1.807, 2.05) is 24.3 Å². The topological polar surface area (TPSA) is 76.7 Å². The summed E-state index contributed by atoms with van der Waals surface area (Å²) in [5.41, 5.74) is 0.654. The molecule has 1 aliphatic carbocycles. The third kappa shape index (κ3) is 5.45. The number of benzene rings is 1. The lowest BCUT2D eigenvalue weighted by Gasteiger charge is -2.26. The largest absolute Gasteiger partial charge is 0.489 e. The minimum Gasteiger partial charge on any atom is -0.489 e. The minimum absolute atomic E-state index is 0.183. The van der Waals surface area contributed by atoms with Gasteiger partial charge < -0.3 is 14.8 Å². The van der Waals surface area contributed by atoms with Crippen LogP contribution in [0.25, 0.3) is 0 Å². The van der Waals surface area contributed by atoms with Crippen LogP contribution in [0.1, 0.15) is 51.9 Å². The van der Waals surface area contributed by atoms with E-state index < -0.39 is 12.1 Å². The second kappa shape index (κ2) is 9.74. The van der Waals surface area contributed by atoms with Crippen molar-refractivity contribution in [1.82, 2.24) is 5.32 Å². The minimum atomic E-state index is -0.599. The molecule has 1 aromatic carbocycles. The Morgan fingerprint density at radius 1 is 1.30 bits per heavy atom. The number of carbonyl (C=O) groups is 2. The first-order chi connectivity index (χ1) is 13.2. The molecular weight excluding hydrogens is 344 g/mol. The van der Waals surface area contributed by atoms with Crippen LogP contribution in [0.15, 0.2) is 24.3 Å². The van der Waals surface area contributed by atoms with Crippen molar-refractivity contribution in [2.75, 3.05) is 18.5 Å². The summed E-state index contributed by atoms with van der Waals surface area (Å²) in [6.45, 7) is 2.32. The van der Waals surface area contributed by atoms with Gasteiger partial charge in [0.25, 0.3) is 0 Å². The molecule has 1 amide bonds. The first-order valence-corrected chi connectivity index (χ1v) is 10.1. The fourth-order valence-corrected chi connectivity index (χ4v) is 3.92. The normalized spacial score (nSPS) is 21.4. The number of esters is 1. The van der Waals surface area contributed by atoms with E-state index >= 15 is 0 Å². The van der Waals surface area contributed by atoms with E-state index in [4.69, 9.17) is 9.47 Å². The molecule has 1 heterocycles. The van der Waals surface area contributed by atoms with Crippen LogP contribution in [-0.4, -0.2) is 37.2 Å². The maximum Gasteiger partial charge on any atom is 0.323 e. The molecule has 0 saturated heterocycles. The van der Waals surface area contributed by atoms with Crippen LogP contribution in [0.3, 0.4) is 0 Å². The van der Waals surface area contributed by atoms with Crippen molar-refractivity contribution in [2.24, 2.45) is 5.92 Å². The smallest absolute Gasteiger partial charge is 0.323 e. The van der Waals surface area contributed by atoms with Gasteiger partial charge in [-0.15, -0.1) is 0 Å². The monoisotopic (exact) mass is 374 g/mol. The summed E-state index contributed by atoms with van der Waals surface area (Å²) in [7, 11) is 0. The van der Waals surface area contributed by atoms with Gasteiger partial charge in [0.1, 0.15) is 24.4 Å². The van der Waals surface area contributed by atoms with Crippen LogP contribution >= 0.6 is 0 Å². The predicted octanol–water partition coefficient (Wildman–Crippen LogP) is 3.27. The van der Waals surface area contributed by atoms with Crippen LogP contribution < -0.4 is 15.4 Å². The van der Waals surface area contributed by atoms with Crippen LogP contribution in [0.5, 0.6) is 5.75 Å². The van der Waals surface area contributed by atoms with Crippen molar-refractivity contribution >= 4 is 17.6 Å². The highest BCUT2D eigenvalue weighted by molar-refractivity contribution is 5.97. The third-order valence-corrected chi connectivity index (χ3v) is 5.43. The zero-order valence-corrected chi connectivity index (χ0v) is 16.0. The number of amides is 1. The Kier molecular flexibility index (Phi) is 7.10. The number of hydrogen-bond acceptors (Lipinski definition) is 5. The van der Waals surface area contributed by atoms with Crippen LogP contribution in [0, 0.1) is 5.92 Å². The number of fused-ring (bicyclic) bond motifs is 1. The molecule has 3 rings (SSSR count). The second-order valence-corrected chi connectivity index (χ2v) is 7.40. The lowest BCUT2D eigenvalue weighted by molar-refractivity contribution is -0.146. The average molecular weight is 374 g/mol. The molecule has 2 N–H and O–H groups in total. The summed E-state index contributed by atoms with van der Waals surface area (Å²) < 4.78 is 11.0.